The third-order valence-corrected chi connectivity index (χ3v) is 4.91. The van der Waals surface area contributed by atoms with Crippen molar-refractivity contribution >= 4 is 58.4 Å². The number of para-hydroxylation sites is 1. The minimum Gasteiger partial charge on any atom is -0.355 e. The molecule has 3 heteroatoms. The standard InChI is InChI=1S/C24H17Cl2N/c25-19-11-5-17(6-12-19)9-15-22-21-3-1-2-4-23(21)27-24(22)16-10-18-7-13-20(26)14-8-18/h1-16,27H/b15-9+,16-10+. The fraction of sp³-hybridized carbons (Fsp3) is 0. The van der Waals surface area contributed by atoms with Crippen LogP contribution in [0.2, 0.25) is 10.0 Å². The van der Waals surface area contributed by atoms with E-state index in [1.165, 1.54) is 5.39 Å². The molecular formula is C24H17Cl2N. The lowest BCUT2D eigenvalue weighted by Crippen LogP contribution is -1.78. The van der Waals surface area contributed by atoms with Crippen LogP contribution in [0.4, 0.5) is 0 Å². The number of hydrogen-bond donors (Lipinski definition) is 1. The molecule has 0 saturated heterocycles. The van der Waals surface area contributed by atoms with Gasteiger partial charge in [0.25, 0.3) is 0 Å². The molecule has 0 amide bonds. The van der Waals surface area contributed by atoms with Crippen LogP contribution in [-0.4, -0.2) is 4.98 Å². The Morgan fingerprint density at radius 1 is 0.593 bits per heavy atom. The maximum Gasteiger partial charge on any atom is 0.0465 e. The Bertz CT molecular complexity index is 1120. The fourth-order valence-electron chi connectivity index (χ4n) is 3.00. The summed E-state index contributed by atoms with van der Waals surface area (Å²) in [5, 5.41) is 2.67. The summed E-state index contributed by atoms with van der Waals surface area (Å²) < 4.78 is 0. The zero-order valence-electron chi connectivity index (χ0n) is 14.5. The number of H-pyrrole nitrogens is 1. The first-order valence-electron chi connectivity index (χ1n) is 8.67. The summed E-state index contributed by atoms with van der Waals surface area (Å²) in [6.45, 7) is 0. The Hall–Kier alpha value is -2.74. The molecule has 4 rings (SSSR count). The van der Waals surface area contributed by atoms with Crippen LogP contribution in [0.15, 0.2) is 72.8 Å². The molecule has 0 bridgehead atoms. The molecule has 1 N–H and O–H groups in total. The summed E-state index contributed by atoms with van der Waals surface area (Å²) in [5.74, 6) is 0. The van der Waals surface area contributed by atoms with Crippen LogP contribution in [0.1, 0.15) is 22.4 Å². The number of rotatable bonds is 4. The zero-order valence-corrected chi connectivity index (χ0v) is 16.0. The van der Waals surface area contributed by atoms with E-state index in [0.717, 1.165) is 37.9 Å². The van der Waals surface area contributed by atoms with E-state index in [4.69, 9.17) is 23.2 Å². The molecule has 3 aromatic carbocycles. The summed E-state index contributed by atoms with van der Waals surface area (Å²) in [4.78, 5) is 3.51. The largest absolute Gasteiger partial charge is 0.355 e. The average molecular weight is 390 g/mol. The van der Waals surface area contributed by atoms with E-state index in [1.54, 1.807) is 0 Å². The molecule has 0 saturated carbocycles. The van der Waals surface area contributed by atoms with E-state index in [-0.39, 0.29) is 0 Å². The minimum atomic E-state index is 0.740. The lowest BCUT2D eigenvalue weighted by Gasteiger charge is -1.97. The van der Waals surface area contributed by atoms with Gasteiger partial charge in [0.1, 0.15) is 0 Å². The van der Waals surface area contributed by atoms with Gasteiger partial charge in [0.2, 0.25) is 0 Å². The number of aromatic nitrogens is 1. The van der Waals surface area contributed by atoms with Crippen molar-refractivity contribution in [1.29, 1.82) is 0 Å². The lowest BCUT2D eigenvalue weighted by molar-refractivity contribution is 1.42. The number of fused-ring (bicyclic) bond motifs is 1. The van der Waals surface area contributed by atoms with E-state index in [2.05, 4.69) is 47.5 Å². The van der Waals surface area contributed by atoms with Crippen molar-refractivity contribution in [2.24, 2.45) is 0 Å². The van der Waals surface area contributed by atoms with Gasteiger partial charge < -0.3 is 4.98 Å². The van der Waals surface area contributed by atoms with Gasteiger partial charge in [-0.1, -0.05) is 83.9 Å². The molecule has 132 valence electrons. The van der Waals surface area contributed by atoms with Gasteiger partial charge in [0.15, 0.2) is 0 Å². The van der Waals surface area contributed by atoms with Gasteiger partial charge in [0, 0.05) is 32.2 Å². The minimum absolute atomic E-state index is 0.740. The molecule has 1 heterocycles. The third-order valence-electron chi connectivity index (χ3n) is 4.40. The topological polar surface area (TPSA) is 15.8 Å². The van der Waals surface area contributed by atoms with Gasteiger partial charge in [-0.15, -0.1) is 0 Å². The van der Waals surface area contributed by atoms with Crippen LogP contribution < -0.4 is 0 Å². The number of benzene rings is 3. The predicted octanol–water partition coefficient (Wildman–Crippen LogP) is 7.82. The summed E-state index contributed by atoms with van der Waals surface area (Å²) in [7, 11) is 0. The van der Waals surface area contributed by atoms with E-state index >= 15 is 0 Å². The van der Waals surface area contributed by atoms with Crippen molar-refractivity contribution < 1.29 is 0 Å². The van der Waals surface area contributed by atoms with Crippen molar-refractivity contribution in [3.63, 3.8) is 0 Å². The molecule has 0 fully saturated rings. The monoisotopic (exact) mass is 389 g/mol. The van der Waals surface area contributed by atoms with Gasteiger partial charge in [-0.3, -0.25) is 0 Å². The highest BCUT2D eigenvalue weighted by Gasteiger charge is 2.06. The fourth-order valence-corrected chi connectivity index (χ4v) is 3.25. The highest BCUT2D eigenvalue weighted by atomic mass is 35.5. The first-order chi connectivity index (χ1) is 13.2. The molecule has 0 aliphatic carbocycles. The second kappa shape index (κ2) is 7.87. The van der Waals surface area contributed by atoms with Crippen LogP contribution in [0, 0.1) is 0 Å². The lowest BCUT2D eigenvalue weighted by atomic mass is 10.1. The second-order valence-corrected chi connectivity index (χ2v) is 7.14. The molecule has 0 atom stereocenters. The normalized spacial score (nSPS) is 11.8. The van der Waals surface area contributed by atoms with Gasteiger partial charge in [-0.2, -0.15) is 0 Å². The SMILES string of the molecule is Clc1ccc(/C=C/c2[nH]c3ccccc3c2/C=C/c2ccc(Cl)cc2)cc1. The molecular weight excluding hydrogens is 373 g/mol. The van der Waals surface area contributed by atoms with Gasteiger partial charge in [0.05, 0.1) is 0 Å². The second-order valence-electron chi connectivity index (χ2n) is 6.27. The molecule has 1 nitrogen and oxygen atoms in total. The first-order valence-corrected chi connectivity index (χ1v) is 9.43. The average Bonchev–Trinajstić information content (AvgIpc) is 3.05. The highest BCUT2D eigenvalue weighted by molar-refractivity contribution is 6.30. The Balaban J connectivity index is 1.72. The van der Waals surface area contributed by atoms with Crippen molar-refractivity contribution in [1.82, 2.24) is 4.98 Å². The maximum atomic E-state index is 5.98. The number of halogens is 2. The number of aromatic amines is 1. The Labute approximate surface area is 168 Å². The maximum absolute atomic E-state index is 5.98. The molecule has 27 heavy (non-hydrogen) atoms. The third kappa shape index (κ3) is 4.16. The molecule has 0 radical (unpaired) electrons. The molecule has 0 unspecified atom stereocenters. The quantitative estimate of drug-likeness (QED) is 0.366. The van der Waals surface area contributed by atoms with E-state index < -0.39 is 0 Å². The van der Waals surface area contributed by atoms with Crippen molar-refractivity contribution in [2.45, 2.75) is 0 Å². The van der Waals surface area contributed by atoms with Crippen molar-refractivity contribution in [2.75, 3.05) is 0 Å². The van der Waals surface area contributed by atoms with Crippen LogP contribution in [0.5, 0.6) is 0 Å². The number of hydrogen-bond acceptors (Lipinski definition) is 0. The van der Waals surface area contributed by atoms with Crippen LogP contribution >= 0.6 is 23.2 Å². The van der Waals surface area contributed by atoms with Crippen LogP contribution in [-0.2, 0) is 0 Å². The predicted molar refractivity (Wildman–Crippen MR) is 119 cm³/mol. The molecule has 0 spiro atoms. The zero-order chi connectivity index (χ0) is 18.6. The summed E-state index contributed by atoms with van der Waals surface area (Å²) in [5.41, 5.74) is 5.55. The van der Waals surface area contributed by atoms with E-state index in [1.807, 2.05) is 54.6 Å². The smallest absolute Gasteiger partial charge is 0.0465 e. The summed E-state index contributed by atoms with van der Waals surface area (Å²) >= 11 is 11.9. The van der Waals surface area contributed by atoms with Gasteiger partial charge in [-0.25, -0.2) is 0 Å². The first kappa shape index (κ1) is 17.7. The van der Waals surface area contributed by atoms with E-state index in [0.29, 0.717) is 0 Å². The number of nitrogens with one attached hydrogen (secondary N) is 1. The van der Waals surface area contributed by atoms with Crippen molar-refractivity contribution in [3.8, 4) is 0 Å². The Morgan fingerprint density at radius 3 is 1.78 bits per heavy atom. The van der Waals surface area contributed by atoms with Gasteiger partial charge in [-0.05, 0) is 47.5 Å². The highest BCUT2D eigenvalue weighted by Crippen LogP contribution is 2.26. The Kier molecular flexibility index (Phi) is 5.15. The van der Waals surface area contributed by atoms with Gasteiger partial charge >= 0.3 is 0 Å². The van der Waals surface area contributed by atoms with Crippen molar-refractivity contribution in [3.05, 3.63) is 105 Å². The van der Waals surface area contributed by atoms with Crippen LogP contribution in [0.3, 0.4) is 0 Å². The molecule has 4 aromatic rings. The van der Waals surface area contributed by atoms with Crippen LogP contribution in [0.25, 0.3) is 35.2 Å². The molecule has 1 aromatic heterocycles. The van der Waals surface area contributed by atoms with E-state index in [9.17, 15) is 0 Å². The molecule has 0 aliphatic heterocycles. The summed E-state index contributed by atoms with van der Waals surface area (Å²) in [6, 6.07) is 23.9. The Morgan fingerprint density at radius 2 is 1.15 bits per heavy atom. The molecule has 0 aliphatic rings. The summed E-state index contributed by atoms with van der Waals surface area (Å²) in [6.07, 6.45) is 8.43.